The van der Waals surface area contributed by atoms with E-state index in [1.54, 1.807) is 12.4 Å². The van der Waals surface area contributed by atoms with Gasteiger partial charge >= 0.3 is 16.8 Å². The summed E-state index contributed by atoms with van der Waals surface area (Å²) in [5.74, 6) is 0. The molecule has 2 aromatic rings. The molecule has 7 heteroatoms. The summed E-state index contributed by atoms with van der Waals surface area (Å²) in [5.41, 5.74) is 2.14. The van der Waals surface area contributed by atoms with Gasteiger partial charge in [-0.25, -0.2) is 0 Å². The van der Waals surface area contributed by atoms with Gasteiger partial charge in [-0.3, -0.25) is 9.97 Å². The number of isothiocyanates is 2. The van der Waals surface area contributed by atoms with Gasteiger partial charge in [-0.2, -0.15) is 10.3 Å². The summed E-state index contributed by atoms with van der Waals surface area (Å²) in [4.78, 5) is 7.96. The minimum atomic E-state index is 0. The Morgan fingerprint density at radius 2 is 1.10 bits per heavy atom. The van der Waals surface area contributed by atoms with Crippen LogP contribution >= 0.6 is 24.4 Å². The van der Waals surface area contributed by atoms with Gasteiger partial charge in [0, 0.05) is 23.8 Å². The molecule has 111 valence electrons. The van der Waals surface area contributed by atoms with Gasteiger partial charge in [0.2, 0.25) is 0 Å². The molecule has 0 saturated carbocycles. The third-order valence-corrected chi connectivity index (χ3v) is 1.63. The molecule has 0 unspecified atom stereocenters. The summed E-state index contributed by atoms with van der Waals surface area (Å²) < 4.78 is 0. The Labute approximate surface area is 146 Å². The van der Waals surface area contributed by atoms with Crippen LogP contribution in [0.15, 0.2) is 48.8 Å². The molecule has 2 aromatic heterocycles. The second kappa shape index (κ2) is 20.7. The van der Waals surface area contributed by atoms with E-state index in [4.69, 9.17) is 10.8 Å². The first kappa shape index (κ1) is 24.4. The van der Waals surface area contributed by atoms with E-state index in [1.165, 1.54) is 10.3 Å². The van der Waals surface area contributed by atoms with Crippen molar-refractivity contribution in [1.29, 1.82) is 0 Å². The molecule has 4 nitrogen and oxygen atoms in total. The normalized spacial score (nSPS) is 6.57. The first-order valence-corrected chi connectivity index (χ1v) is 6.21. The Morgan fingerprint density at radius 1 is 0.810 bits per heavy atom. The van der Waals surface area contributed by atoms with Crippen molar-refractivity contribution >= 4 is 34.8 Å². The van der Waals surface area contributed by atoms with E-state index >= 15 is 0 Å². The van der Waals surface area contributed by atoms with Crippen LogP contribution in [-0.2, 0) is 16.8 Å². The summed E-state index contributed by atoms with van der Waals surface area (Å²) >= 11 is 7.40. The smallest absolute Gasteiger partial charge is 0.753 e. The molecule has 21 heavy (non-hydrogen) atoms. The van der Waals surface area contributed by atoms with Gasteiger partial charge in [0.15, 0.2) is 0 Å². The molecule has 0 spiro atoms. The van der Waals surface area contributed by atoms with Crippen LogP contribution in [0.1, 0.15) is 11.4 Å². The monoisotopic (exact) mass is 361 g/mol. The van der Waals surface area contributed by atoms with E-state index in [9.17, 15) is 0 Å². The molecule has 0 amide bonds. The summed E-state index contributed by atoms with van der Waals surface area (Å²) in [5, 5.41) is 16.9. The molecule has 0 fully saturated rings. The Bertz CT molecular complexity index is 460. The van der Waals surface area contributed by atoms with Crippen molar-refractivity contribution in [3.05, 3.63) is 71.0 Å². The molecule has 0 aliphatic heterocycles. The van der Waals surface area contributed by atoms with Gasteiger partial charge in [0.05, 0.1) is 0 Å². The van der Waals surface area contributed by atoms with Gasteiger partial charge in [0.1, 0.15) is 0 Å². The second-order valence-corrected chi connectivity index (χ2v) is 3.49. The number of nitrogens with zero attached hydrogens (tertiary/aromatic N) is 4. The van der Waals surface area contributed by atoms with Crippen LogP contribution in [0, 0.1) is 13.8 Å². The maximum absolute atomic E-state index is 7.13. The van der Waals surface area contributed by atoms with Gasteiger partial charge in [-0.15, -0.1) is 0 Å². The molecule has 2 heterocycles. The molecule has 0 atom stereocenters. The van der Waals surface area contributed by atoms with E-state index in [0.717, 1.165) is 11.4 Å². The zero-order valence-corrected chi connectivity index (χ0v) is 14.2. The van der Waals surface area contributed by atoms with Crippen LogP contribution in [0.5, 0.6) is 0 Å². The molecular formula is C14H14CoN4S2. The van der Waals surface area contributed by atoms with Crippen molar-refractivity contribution in [3.8, 4) is 0 Å². The van der Waals surface area contributed by atoms with Crippen molar-refractivity contribution in [1.82, 2.24) is 9.97 Å². The van der Waals surface area contributed by atoms with E-state index in [0.29, 0.717) is 0 Å². The first-order chi connectivity index (χ1) is 9.62. The Kier molecular flexibility index (Phi) is 24.1. The maximum atomic E-state index is 7.13. The molecule has 1 radical (unpaired) electrons. The fourth-order valence-electron chi connectivity index (χ4n) is 0.896. The second-order valence-electron chi connectivity index (χ2n) is 3.12. The van der Waals surface area contributed by atoms with E-state index < -0.39 is 0 Å². The Morgan fingerprint density at radius 3 is 1.19 bits per heavy atom. The number of hydrogen-bond donors (Lipinski definition) is 0. The molecule has 0 N–H and O–H groups in total. The maximum Gasteiger partial charge on any atom is 2.00 e. The number of rotatable bonds is 0. The van der Waals surface area contributed by atoms with Crippen LogP contribution in [0.4, 0.5) is 0 Å². The van der Waals surface area contributed by atoms with Crippen LogP contribution in [0.2, 0.25) is 0 Å². The van der Waals surface area contributed by atoms with Gasteiger partial charge in [0.25, 0.3) is 0 Å². The minimum absolute atomic E-state index is 0. The predicted molar refractivity (Wildman–Crippen MR) is 89.9 cm³/mol. The fraction of sp³-hybridized carbons (Fsp3) is 0.143. The van der Waals surface area contributed by atoms with Gasteiger partial charge < -0.3 is 10.8 Å². The van der Waals surface area contributed by atoms with Gasteiger partial charge in [-0.1, -0.05) is 36.6 Å². The van der Waals surface area contributed by atoms with Crippen molar-refractivity contribution in [2.45, 2.75) is 13.8 Å². The quantitative estimate of drug-likeness (QED) is 0.523. The Hall–Kier alpha value is -1.59. The number of hydrogen-bond acceptors (Lipinski definition) is 4. The SMILES string of the molecule is Cc1ccccn1.Cc1ccccn1.[Co+2].[N-]=C=S.[N-]=C=S. The molecule has 0 saturated heterocycles. The third kappa shape index (κ3) is 23.9. The number of pyridine rings is 2. The molecule has 0 aromatic carbocycles. The van der Waals surface area contributed by atoms with Crippen LogP contribution in [-0.4, -0.2) is 20.3 Å². The summed E-state index contributed by atoms with van der Waals surface area (Å²) in [6.07, 6.45) is 3.57. The zero-order valence-electron chi connectivity index (χ0n) is 11.6. The topological polar surface area (TPSA) is 70.4 Å². The van der Waals surface area contributed by atoms with E-state index in [-0.39, 0.29) is 16.8 Å². The zero-order chi connectivity index (χ0) is 15.6. The van der Waals surface area contributed by atoms with Gasteiger partial charge in [-0.05, 0) is 38.1 Å². The summed E-state index contributed by atoms with van der Waals surface area (Å²) in [6, 6.07) is 11.7. The van der Waals surface area contributed by atoms with E-state index in [1.807, 2.05) is 50.2 Å². The molecule has 2 rings (SSSR count). The molecular weight excluding hydrogens is 347 g/mol. The van der Waals surface area contributed by atoms with E-state index in [2.05, 4.69) is 34.4 Å². The van der Waals surface area contributed by atoms with Crippen LogP contribution in [0.3, 0.4) is 0 Å². The number of thiocarbonyl (C=S) groups is 2. The molecule has 0 aliphatic carbocycles. The largest absolute Gasteiger partial charge is 2.00 e. The summed E-state index contributed by atoms with van der Waals surface area (Å²) in [7, 11) is 0. The average molecular weight is 361 g/mol. The van der Waals surface area contributed by atoms with Crippen LogP contribution in [0.25, 0.3) is 10.8 Å². The van der Waals surface area contributed by atoms with Crippen molar-refractivity contribution in [3.63, 3.8) is 0 Å². The van der Waals surface area contributed by atoms with Crippen molar-refractivity contribution < 1.29 is 16.8 Å². The molecule has 0 bridgehead atoms. The summed E-state index contributed by atoms with van der Waals surface area (Å²) in [6.45, 7) is 3.94. The number of aryl methyl sites for hydroxylation is 2. The average Bonchev–Trinajstić information content (AvgIpc) is 2.43. The van der Waals surface area contributed by atoms with Crippen LogP contribution < -0.4 is 0 Å². The molecule has 0 aliphatic rings. The first-order valence-electron chi connectivity index (χ1n) is 5.40. The predicted octanol–water partition coefficient (Wildman–Crippen LogP) is 4.09. The Balaban J connectivity index is -0.000000220. The number of aromatic nitrogens is 2. The minimum Gasteiger partial charge on any atom is -0.753 e. The fourth-order valence-corrected chi connectivity index (χ4v) is 0.896. The standard InChI is InChI=1S/2C6H7N.2CNS.Co/c2*1-6-4-2-3-5-7-6;2*2-1-3;/h2*2-5H,1H3;;;/q;;2*-1;+2. The third-order valence-electron chi connectivity index (χ3n) is 1.63. The van der Waals surface area contributed by atoms with Crippen molar-refractivity contribution in [2.75, 3.05) is 0 Å². The van der Waals surface area contributed by atoms with Crippen molar-refractivity contribution in [2.24, 2.45) is 0 Å².